The summed E-state index contributed by atoms with van der Waals surface area (Å²) in [6.07, 6.45) is 5.07. The normalized spacial score (nSPS) is 15.2. The van der Waals surface area contributed by atoms with E-state index in [1.807, 2.05) is 43.9 Å². The highest BCUT2D eigenvalue weighted by Crippen LogP contribution is 2.40. The Morgan fingerprint density at radius 3 is 2.21 bits per heavy atom. The standard InChI is InChI=1S/C27H34N2O5/c1-4-32-23-16-20(17-24(33-5-2)25(23)34-6-3)26(30)28-21-11-12-22-19(15-21)13-14-29(22)27(31)18-9-7-8-10-18/h11-12,15-18H,4-10,13-14H2,1-3H3,(H,28,30). The van der Waals surface area contributed by atoms with E-state index in [9.17, 15) is 9.59 Å². The molecule has 0 atom stereocenters. The van der Waals surface area contributed by atoms with E-state index in [1.165, 1.54) is 0 Å². The lowest BCUT2D eigenvalue weighted by molar-refractivity contribution is -0.122. The first kappa shape index (κ1) is 23.9. The van der Waals surface area contributed by atoms with Crippen molar-refractivity contribution in [3.8, 4) is 17.2 Å². The maximum Gasteiger partial charge on any atom is 0.255 e. The van der Waals surface area contributed by atoms with Crippen LogP contribution in [0.4, 0.5) is 11.4 Å². The van der Waals surface area contributed by atoms with E-state index < -0.39 is 0 Å². The minimum Gasteiger partial charge on any atom is -0.490 e. The minimum absolute atomic E-state index is 0.157. The maximum absolute atomic E-state index is 13.1. The number of fused-ring (bicyclic) bond motifs is 1. The molecule has 0 unspecified atom stereocenters. The molecule has 0 spiro atoms. The zero-order chi connectivity index (χ0) is 24.1. The number of nitrogens with zero attached hydrogens (tertiary/aromatic N) is 1. The van der Waals surface area contributed by atoms with Gasteiger partial charge in [-0.2, -0.15) is 0 Å². The number of carbonyl (C=O) groups is 2. The number of benzene rings is 2. The zero-order valence-corrected chi connectivity index (χ0v) is 20.3. The highest BCUT2D eigenvalue weighted by molar-refractivity contribution is 6.05. The fourth-order valence-electron chi connectivity index (χ4n) is 4.82. The third-order valence-corrected chi connectivity index (χ3v) is 6.37. The molecule has 7 heteroatoms. The molecule has 0 aromatic heterocycles. The second-order valence-electron chi connectivity index (χ2n) is 8.62. The summed E-state index contributed by atoms with van der Waals surface area (Å²) in [5.41, 5.74) is 3.17. The summed E-state index contributed by atoms with van der Waals surface area (Å²) in [7, 11) is 0. The molecule has 34 heavy (non-hydrogen) atoms. The average Bonchev–Trinajstić information content (AvgIpc) is 3.51. The van der Waals surface area contributed by atoms with Gasteiger partial charge in [-0.05, 0) is 75.9 Å². The number of carbonyl (C=O) groups excluding carboxylic acids is 2. The van der Waals surface area contributed by atoms with Crippen molar-refractivity contribution in [1.82, 2.24) is 0 Å². The minimum atomic E-state index is -0.262. The number of anilines is 2. The van der Waals surface area contributed by atoms with Crippen LogP contribution in [0.15, 0.2) is 30.3 Å². The molecule has 1 N–H and O–H groups in total. The summed E-state index contributed by atoms with van der Waals surface area (Å²) < 4.78 is 17.2. The first-order chi connectivity index (χ1) is 16.5. The zero-order valence-electron chi connectivity index (χ0n) is 20.3. The second kappa shape index (κ2) is 10.8. The van der Waals surface area contributed by atoms with Crippen LogP contribution in [-0.4, -0.2) is 38.2 Å². The molecular weight excluding hydrogens is 432 g/mol. The van der Waals surface area contributed by atoms with E-state index in [2.05, 4.69) is 5.32 Å². The van der Waals surface area contributed by atoms with Crippen molar-refractivity contribution in [3.63, 3.8) is 0 Å². The molecule has 2 aliphatic rings. The summed E-state index contributed by atoms with van der Waals surface area (Å²) in [5, 5.41) is 2.98. The molecule has 2 amide bonds. The van der Waals surface area contributed by atoms with Gasteiger partial charge in [0.25, 0.3) is 5.91 Å². The van der Waals surface area contributed by atoms with Crippen molar-refractivity contribution in [3.05, 3.63) is 41.5 Å². The van der Waals surface area contributed by atoms with E-state index in [0.29, 0.717) is 54.9 Å². The van der Waals surface area contributed by atoms with Gasteiger partial charge in [0.15, 0.2) is 11.5 Å². The monoisotopic (exact) mass is 466 g/mol. The number of amides is 2. The topological polar surface area (TPSA) is 77.1 Å². The Balaban J connectivity index is 1.53. The predicted molar refractivity (Wildman–Crippen MR) is 132 cm³/mol. The molecule has 0 radical (unpaired) electrons. The molecule has 1 saturated carbocycles. The fourth-order valence-corrected chi connectivity index (χ4v) is 4.82. The molecule has 1 aliphatic heterocycles. The van der Waals surface area contributed by atoms with Gasteiger partial charge in [-0.25, -0.2) is 0 Å². The van der Waals surface area contributed by atoms with Gasteiger partial charge < -0.3 is 24.4 Å². The molecule has 1 aliphatic carbocycles. The summed E-state index contributed by atoms with van der Waals surface area (Å²) in [6.45, 7) is 7.71. The largest absolute Gasteiger partial charge is 0.490 e. The lowest BCUT2D eigenvalue weighted by Gasteiger charge is -2.21. The van der Waals surface area contributed by atoms with Gasteiger partial charge in [-0.3, -0.25) is 9.59 Å². The predicted octanol–water partition coefficient (Wildman–Crippen LogP) is 5.21. The van der Waals surface area contributed by atoms with Crippen LogP contribution in [-0.2, 0) is 11.2 Å². The van der Waals surface area contributed by atoms with Crippen LogP contribution in [0.2, 0.25) is 0 Å². The highest BCUT2D eigenvalue weighted by atomic mass is 16.5. The van der Waals surface area contributed by atoms with Gasteiger partial charge in [0, 0.05) is 29.4 Å². The Morgan fingerprint density at radius 1 is 0.941 bits per heavy atom. The van der Waals surface area contributed by atoms with Crippen molar-refractivity contribution in [2.45, 2.75) is 52.9 Å². The van der Waals surface area contributed by atoms with Gasteiger partial charge in [-0.1, -0.05) is 12.8 Å². The second-order valence-corrected chi connectivity index (χ2v) is 8.62. The molecular formula is C27H34N2O5. The van der Waals surface area contributed by atoms with E-state index in [4.69, 9.17) is 14.2 Å². The first-order valence-corrected chi connectivity index (χ1v) is 12.4. The quantitative estimate of drug-likeness (QED) is 0.549. The van der Waals surface area contributed by atoms with Crippen LogP contribution in [0.1, 0.15) is 62.4 Å². The van der Waals surface area contributed by atoms with E-state index in [-0.39, 0.29) is 17.7 Å². The van der Waals surface area contributed by atoms with E-state index in [0.717, 1.165) is 43.4 Å². The molecule has 182 valence electrons. The highest BCUT2D eigenvalue weighted by Gasteiger charge is 2.32. The van der Waals surface area contributed by atoms with Crippen LogP contribution in [0, 0.1) is 5.92 Å². The van der Waals surface area contributed by atoms with Crippen molar-refractivity contribution in [2.75, 3.05) is 36.6 Å². The van der Waals surface area contributed by atoms with Crippen molar-refractivity contribution < 1.29 is 23.8 Å². The molecule has 4 rings (SSSR count). The average molecular weight is 467 g/mol. The number of rotatable bonds is 9. The Labute approximate surface area is 201 Å². The third-order valence-electron chi connectivity index (χ3n) is 6.37. The summed E-state index contributed by atoms with van der Waals surface area (Å²) in [5.74, 6) is 1.61. The Morgan fingerprint density at radius 2 is 1.59 bits per heavy atom. The van der Waals surface area contributed by atoms with Crippen LogP contribution < -0.4 is 24.4 Å². The Kier molecular flexibility index (Phi) is 7.60. The lowest BCUT2D eigenvalue weighted by Crippen LogP contribution is -2.33. The van der Waals surface area contributed by atoms with Gasteiger partial charge >= 0.3 is 0 Å². The maximum atomic E-state index is 13.1. The molecule has 2 aromatic carbocycles. The Hall–Kier alpha value is -3.22. The molecule has 7 nitrogen and oxygen atoms in total. The summed E-state index contributed by atoms with van der Waals surface area (Å²) in [6, 6.07) is 9.14. The van der Waals surface area contributed by atoms with E-state index >= 15 is 0 Å². The number of ether oxygens (including phenoxy) is 3. The van der Waals surface area contributed by atoms with Crippen molar-refractivity contribution in [1.29, 1.82) is 0 Å². The van der Waals surface area contributed by atoms with E-state index in [1.54, 1.807) is 12.1 Å². The molecule has 1 fully saturated rings. The summed E-state index contributed by atoms with van der Waals surface area (Å²) in [4.78, 5) is 28.0. The van der Waals surface area contributed by atoms with Crippen LogP contribution in [0.5, 0.6) is 17.2 Å². The third kappa shape index (κ3) is 4.98. The van der Waals surface area contributed by atoms with Gasteiger partial charge in [0.1, 0.15) is 0 Å². The van der Waals surface area contributed by atoms with Crippen LogP contribution in [0.3, 0.4) is 0 Å². The van der Waals surface area contributed by atoms with Crippen LogP contribution >= 0.6 is 0 Å². The van der Waals surface area contributed by atoms with Crippen molar-refractivity contribution in [2.24, 2.45) is 5.92 Å². The molecule has 0 saturated heterocycles. The van der Waals surface area contributed by atoms with Crippen LogP contribution in [0.25, 0.3) is 0 Å². The number of hydrogen-bond acceptors (Lipinski definition) is 5. The number of hydrogen-bond donors (Lipinski definition) is 1. The molecule has 0 bridgehead atoms. The van der Waals surface area contributed by atoms with Gasteiger partial charge in [0.2, 0.25) is 11.7 Å². The van der Waals surface area contributed by atoms with Gasteiger partial charge in [-0.15, -0.1) is 0 Å². The summed E-state index contributed by atoms with van der Waals surface area (Å²) >= 11 is 0. The molecule has 1 heterocycles. The van der Waals surface area contributed by atoms with Crippen molar-refractivity contribution >= 4 is 23.2 Å². The Bertz CT molecular complexity index is 1020. The molecule has 2 aromatic rings. The SMILES string of the molecule is CCOc1cc(C(=O)Nc2ccc3c(c2)CCN3C(=O)C2CCCC2)cc(OCC)c1OCC. The smallest absolute Gasteiger partial charge is 0.255 e. The van der Waals surface area contributed by atoms with Gasteiger partial charge in [0.05, 0.1) is 19.8 Å². The fraction of sp³-hybridized carbons (Fsp3) is 0.481. The number of nitrogens with one attached hydrogen (secondary N) is 1. The first-order valence-electron chi connectivity index (χ1n) is 12.4. The lowest BCUT2D eigenvalue weighted by atomic mass is 10.1.